The van der Waals surface area contributed by atoms with E-state index in [1.54, 1.807) is 7.05 Å². The first-order valence-corrected chi connectivity index (χ1v) is 4.34. The van der Waals surface area contributed by atoms with Crippen LogP contribution in [0.25, 0.3) is 0 Å². The molecule has 1 amide bonds. The fourth-order valence-corrected chi connectivity index (χ4v) is 0.960. The van der Waals surface area contributed by atoms with E-state index < -0.39 is 0 Å². The third-order valence-electron chi connectivity index (χ3n) is 1.80. The topological polar surface area (TPSA) is 104 Å². The molecule has 0 saturated carbocycles. The summed E-state index contributed by atoms with van der Waals surface area (Å²) in [6.45, 7) is 0.176. The minimum Gasteiger partial charge on any atom is -0.395 e. The number of amides is 1. The largest absolute Gasteiger partial charge is 0.395 e. The molecule has 82 valence electrons. The van der Waals surface area contributed by atoms with Crippen molar-refractivity contribution in [1.82, 2.24) is 14.9 Å². The summed E-state index contributed by atoms with van der Waals surface area (Å²) in [6.07, 6.45) is 2.69. The number of likely N-dealkylation sites (N-methyl/N-ethyl adjacent to an activating group) is 1. The summed E-state index contributed by atoms with van der Waals surface area (Å²) < 4.78 is 0. The second-order valence-corrected chi connectivity index (χ2v) is 2.88. The van der Waals surface area contributed by atoms with Crippen LogP contribution in [0, 0.1) is 0 Å². The predicted octanol–water partition coefficient (Wildman–Crippen LogP) is -1.17. The molecule has 0 aliphatic carbocycles. The smallest absolute Gasteiger partial charge is 0.273 e. The Bertz CT molecular complexity index is 326. The summed E-state index contributed by atoms with van der Waals surface area (Å²) in [6, 6.07) is 0. The van der Waals surface area contributed by atoms with E-state index in [9.17, 15) is 4.79 Å². The summed E-state index contributed by atoms with van der Waals surface area (Å²) in [5, 5.41) is 8.66. The number of nitrogens with zero attached hydrogens (tertiary/aromatic N) is 3. The van der Waals surface area contributed by atoms with E-state index in [1.807, 2.05) is 0 Å². The SMILES string of the molecule is CN(CCO)C(=O)c1cnc(NN)cn1. The summed E-state index contributed by atoms with van der Waals surface area (Å²) in [4.78, 5) is 20.7. The molecule has 0 spiro atoms. The van der Waals surface area contributed by atoms with E-state index in [0.717, 1.165) is 0 Å². The van der Waals surface area contributed by atoms with Crippen molar-refractivity contribution < 1.29 is 9.90 Å². The van der Waals surface area contributed by atoms with Gasteiger partial charge in [0.05, 0.1) is 19.0 Å². The molecular formula is C8H13N5O2. The third-order valence-corrected chi connectivity index (χ3v) is 1.80. The lowest BCUT2D eigenvalue weighted by molar-refractivity contribution is 0.0761. The number of hydrogen-bond acceptors (Lipinski definition) is 6. The fraction of sp³-hybridized carbons (Fsp3) is 0.375. The Hall–Kier alpha value is -1.73. The highest BCUT2D eigenvalue weighted by molar-refractivity contribution is 5.91. The molecule has 0 fully saturated rings. The molecule has 0 unspecified atom stereocenters. The van der Waals surface area contributed by atoms with E-state index in [-0.39, 0.29) is 24.8 Å². The summed E-state index contributed by atoms with van der Waals surface area (Å²) in [7, 11) is 1.58. The van der Waals surface area contributed by atoms with Gasteiger partial charge in [-0.2, -0.15) is 0 Å². The molecule has 4 N–H and O–H groups in total. The highest BCUT2D eigenvalue weighted by Crippen LogP contribution is 2.01. The monoisotopic (exact) mass is 211 g/mol. The van der Waals surface area contributed by atoms with E-state index in [1.165, 1.54) is 17.3 Å². The van der Waals surface area contributed by atoms with Crippen molar-refractivity contribution in [1.29, 1.82) is 0 Å². The third kappa shape index (κ3) is 2.86. The standard InChI is InChI=1S/C8H13N5O2/c1-13(2-3-14)8(15)6-4-11-7(12-9)5-10-6/h4-5,14H,2-3,9H2,1H3,(H,11,12). The Balaban J connectivity index is 2.73. The average molecular weight is 211 g/mol. The first kappa shape index (κ1) is 11.3. The first-order valence-electron chi connectivity index (χ1n) is 4.34. The molecule has 0 radical (unpaired) electrons. The highest BCUT2D eigenvalue weighted by Gasteiger charge is 2.12. The predicted molar refractivity (Wildman–Crippen MR) is 53.9 cm³/mol. The molecular weight excluding hydrogens is 198 g/mol. The van der Waals surface area contributed by atoms with Gasteiger partial charge in [0.1, 0.15) is 5.69 Å². The van der Waals surface area contributed by atoms with Gasteiger partial charge in [-0.25, -0.2) is 15.8 Å². The number of aliphatic hydroxyl groups excluding tert-OH is 1. The van der Waals surface area contributed by atoms with Gasteiger partial charge in [0.25, 0.3) is 5.91 Å². The van der Waals surface area contributed by atoms with Gasteiger partial charge in [-0.1, -0.05) is 0 Å². The first-order chi connectivity index (χ1) is 7.19. The Morgan fingerprint density at radius 2 is 2.33 bits per heavy atom. The Kier molecular flexibility index (Phi) is 3.95. The van der Waals surface area contributed by atoms with Crippen molar-refractivity contribution in [2.45, 2.75) is 0 Å². The summed E-state index contributed by atoms with van der Waals surface area (Å²) >= 11 is 0. The number of hydrazine groups is 1. The number of carbonyl (C=O) groups excluding carboxylic acids is 1. The lowest BCUT2D eigenvalue weighted by Gasteiger charge is -2.14. The molecule has 0 aromatic carbocycles. The number of aromatic nitrogens is 2. The molecule has 0 aliphatic rings. The van der Waals surface area contributed by atoms with Crippen LogP contribution in [0.15, 0.2) is 12.4 Å². The maximum atomic E-state index is 11.6. The molecule has 0 aliphatic heterocycles. The number of nitrogens with two attached hydrogens (primary N) is 1. The number of nitrogen functional groups attached to an aromatic ring is 1. The van der Waals surface area contributed by atoms with Gasteiger partial charge in [0.15, 0.2) is 5.82 Å². The number of anilines is 1. The maximum absolute atomic E-state index is 11.6. The van der Waals surface area contributed by atoms with Crippen molar-refractivity contribution in [2.75, 3.05) is 25.6 Å². The molecule has 1 aromatic rings. The van der Waals surface area contributed by atoms with Gasteiger partial charge in [-0.05, 0) is 0 Å². The van der Waals surface area contributed by atoms with Gasteiger partial charge in [-0.15, -0.1) is 0 Å². The Labute approximate surface area is 86.9 Å². The van der Waals surface area contributed by atoms with Crippen molar-refractivity contribution >= 4 is 11.7 Å². The molecule has 7 heteroatoms. The minimum absolute atomic E-state index is 0.0852. The van der Waals surface area contributed by atoms with Crippen LogP contribution in [-0.2, 0) is 0 Å². The van der Waals surface area contributed by atoms with E-state index in [4.69, 9.17) is 10.9 Å². The highest BCUT2D eigenvalue weighted by atomic mass is 16.3. The zero-order valence-electron chi connectivity index (χ0n) is 8.34. The fourth-order valence-electron chi connectivity index (χ4n) is 0.960. The summed E-state index contributed by atoms with van der Waals surface area (Å²) in [5.74, 6) is 5.20. The molecule has 0 atom stereocenters. The molecule has 1 aromatic heterocycles. The van der Waals surface area contributed by atoms with Gasteiger partial charge < -0.3 is 15.4 Å². The van der Waals surface area contributed by atoms with Crippen molar-refractivity contribution in [3.05, 3.63) is 18.1 Å². The van der Waals surface area contributed by atoms with Crippen LogP contribution in [0.1, 0.15) is 10.5 Å². The van der Waals surface area contributed by atoms with Crippen LogP contribution >= 0.6 is 0 Å². The van der Waals surface area contributed by atoms with Crippen LogP contribution < -0.4 is 11.3 Å². The Morgan fingerprint density at radius 3 is 2.80 bits per heavy atom. The molecule has 15 heavy (non-hydrogen) atoms. The van der Waals surface area contributed by atoms with E-state index in [0.29, 0.717) is 5.82 Å². The molecule has 1 rings (SSSR count). The lowest BCUT2D eigenvalue weighted by atomic mass is 10.4. The minimum atomic E-state index is -0.292. The van der Waals surface area contributed by atoms with E-state index in [2.05, 4.69) is 15.4 Å². The second kappa shape index (κ2) is 5.23. The molecule has 0 bridgehead atoms. The van der Waals surface area contributed by atoms with Gasteiger partial charge in [0, 0.05) is 13.6 Å². The van der Waals surface area contributed by atoms with Crippen LogP contribution in [0.3, 0.4) is 0 Å². The van der Waals surface area contributed by atoms with Crippen molar-refractivity contribution in [2.24, 2.45) is 5.84 Å². The zero-order chi connectivity index (χ0) is 11.3. The summed E-state index contributed by atoms with van der Waals surface area (Å²) in [5.41, 5.74) is 2.52. The quantitative estimate of drug-likeness (QED) is 0.428. The Morgan fingerprint density at radius 1 is 1.60 bits per heavy atom. The molecule has 7 nitrogen and oxygen atoms in total. The number of rotatable bonds is 4. The number of aliphatic hydroxyl groups is 1. The number of nitrogens with one attached hydrogen (secondary N) is 1. The number of hydrogen-bond donors (Lipinski definition) is 3. The van der Waals surface area contributed by atoms with Gasteiger partial charge in [0.2, 0.25) is 0 Å². The average Bonchev–Trinajstić information content (AvgIpc) is 2.28. The maximum Gasteiger partial charge on any atom is 0.273 e. The van der Waals surface area contributed by atoms with Crippen LogP contribution in [-0.4, -0.2) is 46.1 Å². The van der Waals surface area contributed by atoms with E-state index >= 15 is 0 Å². The van der Waals surface area contributed by atoms with Crippen LogP contribution in [0.2, 0.25) is 0 Å². The van der Waals surface area contributed by atoms with Gasteiger partial charge >= 0.3 is 0 Å². The van der Waals surface area contributed by atoms with Crippen molar-refractivity contribution in [3.63, 3.8) is 0 Å². The zero-order valence-corrected chi connectivity index (χ0v) is 8.34. The van der Waals surface area contributed by atoms with Crippen LogP contribution in [0.5, 0.6) is 0 Å². The van der Waals surface area contributed by atoms with Crippen LogP contribution in [0.4, 0.5) is 5.82 Å². The van der Waals surface area contributed by atoms with Crippen molar-refractivity contribution in [3.8, 4) is 0 Å². The lowest BCUT2D eigenvalue weighted by Crippen LogP contribution is -2.30. The normalized spacial score (nSPS) is 9.80. The molecule has 1 heterocycles. The van der Waals surface area contributed by atoms with Gasteiger partial charge in [-0.3, -0.25) is 4.79 Å². The number of carbonyl (C=O) groups is 1. The second-order valence-electron chi connectivity index (χ2n) is 2.88. The molecule has 0 saturated heterocycles.